The highest BCUT2D eigenvalue weighted by Crippen LogP contribution is 2.58. The summed E-state index contributed by atoms with van der Waals surface area (Å²) in [6.07, 6.45) is 8.12. The number of nitro benzene ring substituents is 1. The van der Waals surface area contributed by atoms with Crippen LogP contribution in [0.3, 0.4) is 0 Å². The SMILES string of the molecule is COc1cc(NO)cc2c1OC1(C=C2)N(Cc2ccc(CN3c4ccccc4C(C)(C)C34C=Cc3cc([N+](=O)[O-])cc(OC)c3O4)cc2)c2ccccc2C1(C)C. The van der Waals surface area contributed by atoms with E-state index in [-0.39, 0.29) is 5.69 Å². The molecule has 0 aliphatic carbocycles. The Kier molecular flexibility index (Phi) is 8.12. The molecule has 0 fully saturated rings. The van der Waals surface area contributed by atoms with Crippen molar-refractivity contribution in [3.8, 4) is 23.0 Å². The van der Waals surface area contributed by atoms with Crippen LogP contribution in [0.1, 0.15) is 61.1 Å². The van der Waals surface area contributed by atoms with Gasteiger partial charge in [0.25, 0.3) is 5.69 Å². The number of anilines is 3. The fourth-order valence-corrected chi connectivity index (χ4v) is 9.33. The minimum atomic E-state index is -0.959. The molecule has 57 heavy (non-hydrogen) atoms. The fraction of sp³-hybridized carbons (Fsp3) is 0.261. The Morgan fingerprint density at radius 1 is 0.684 bits per heavy atom. The number of non-ortho nitro benzene ring substituents is 1. The molecule has 0 aromatic heterocycles. The summed E-state index contributed by atoms with van der Waals surface area (Å²) >= 11 is 0. The lowest BCUT2D eigenvalue weighted by molar-refractivity contribution is -0.385. The molecule has 0 saturated heterocycles. The topological polar surface area (TPSA) is 119 Å². The highest BCUT2D eigenvalue weighted by molar-refractivity contribution is 5.77. The van der Waals surface area contributed by atoms with Gasteiger partial charge in [0.05, 0.1) is 41.7 Å². The summed E-state index contributed by atoms with van der Waals surface area (Å²) in [7, 11) is 3.10. The standard InChI is InChI=1S/C46H44N4O7/c1-43(2)35-11-7-9-13-37(35)48(45(43)21-19-31-23-33(47-51)25-39(54-5)41(31)56-45)27-29-15-17-30(18-16-29)28-49-38-14-10-8-12-36(38)44(3,4)46(49)22-20-32-24-34(50(52)53)26-40(55-6)42(32)57-46/h7-26,47,51H,27-28H2,1-6H3. The van der Waals surface area contributed by atoms with Gasteiger partial charge in [-0.05, 0) is 92.5 Å². The molecular formula is C46H44N4O7. The maximum atomic E-state index is 11.7. The molecule has 2 atom stereocenters. The zero-order valence-corrected chi connectivity index (χ0v) is 32.7. The summed E-state index contributed by atoms with van der Waals surface area (Å²) in [5, 5.41) is 21.4. The Labute approximate surface area is 331 Å². The van der Waals surface area contributed by atoms with Gasteiger partial charge in [-0.15, -0.1) is 0 Å². The molecule has 2 N–H and O–H groups in total. The average Bonchev–Trinajstić information content (AvgIpc) is 3.51. The van der Waals surface area contributed by atoms with E-state index >= 15 is 0 Å². The zero-order chi connectivity index (χ0) is 39.9. The maximum Gasteiger partial charge on any atom is 0.274 e. The van der Waals surface area contributed by atoms with Gasteiger partial charge in [-0.25, -0.2) is 0 Å². The van der Waals surface area contributed by atoms with E-state index in [1.807, 2.05) is 36.4 Å². The number of benzene rings is 5. The number of nitro groups is 1. The lowest BCUT2D eigenvalue weighted by Gasteiger charge is -2.47. The van der Waals surface area contributed by atoms with Crippen LogP contribution in [0, 0.1) is 10.1 Å². The molecular weight excluding hydrogens is 721 g/mol. The quantitative estimate of drug-likeness (QED) is 0.117. The molecule has 290 valence electrons. The van der Waals surface area contributed by atoms with Crippen LogP contribution in [0.15, 0.2) is 109 Å². The number of rotatable bonds is 8. The second-order valence-electron chi connectivity index (χ2n) is 16.1. The molecule has 0 amide bonds. The second-order valence-corrected chi connectivity index (χ2v) is 16.1. The number of nitrogens with zero attached hydrogens (tertiary/aromatic N) is 3. The van der Waals surface area contributed by atoms with Crippen molar-refractivity contribution in [2.24, 2.45) is 0 Å². The van der Waals surface area contributed by atoms with Gasteiger partial charge in [0.2, 0.25) is 11.4 Å². The van der Waals surface area contributed by atoms with Gasteiger partial charge < -0.3 is 28.7 Å². The van der Waals surface area contributed by atoms with E-state index in [9.17, 15) is 15.3 Å². The lowest BCUT2D eigenvalue weighted by Crippen LogP contribution is -2.59. The number of nitrogens with one attached hydrogen (secondary N) is 1. The van der Waals surface area contributed by atoms with Gasteiger partial charge in [-0.3, -0.25) is 20.8 Å². The van der Waals surface area contributed by atoms with Crippen LogP contribution in [0.5, 0.6) is 23.0 Å². The van der Waals surface area contributed by atoms with Crippen molar-refractivity contribution in [2.75, 3.05) is 29.5 Å². The minimum absolute atomic E-state index is 0.0579. The normalized spacial score (nSPS) is 21.3. The highest BCUT2D eigenvalue weighted by atomic mass is 16.6. The summed E-state index contributed by atoms with van der Waals surface area (Å²) in [6, 6.07) is 32.0. The van der Waals surface area contributed by atoms with Crippen LogP contribution in [0.2, 0.25) is 0 Å². The van der Waals surface area contributed by atoms with Gasteiger partial charge in [0.1, 0.15) is 0 Å². The van der Waals surface area contributed by atoms with Crippen LogP contribution in [0.4, 0.5) is 22.7 Å². The molecule has 9 rings (SSSR count). The third kappa shape index (κ3) is 5.14. The zero-order valence-electron chi connectivity index (χ0n) is 32.7. The molecule has 4 aliphatic heterocycles. The minimum Gasteiger partial charge on any atom is -0.493 e. The summed E-state index contributed by atoms with van der Waals surface area (Å²) < 4.78 is 25.6. The first kappa shape index (κ1) is 36.2. The molecule has 0 radical (unpaired) electrons. The summed E-state index contributed by atoms with van der Waals surface area (Å²) in [4.78, 5) is 15.9. The van der Waals surface area contributed by atoms with Crippen molar-refractivity contribution in [1.29, 1.82) is 0 Å². The Bertz CT molecular complexity index is 2510. The van der Waals surface area contributed by atoms with Crippen LogP contribution in [-0.2, 0) is 23.9 Å². The van der Waals surface area contributed by atoms with Gasteiger partial charge in [-0.1, -0.05) is 60.7 Å². The van der Waals surface area contributed by atoms with E-state index in [1.54, 1.807) is 13.2 Å². The van der Waals surface area contributed by atoms with Gasteiger partial charge in [0, 0.05) is 47.7 Å². The number of fused-ring (bicyclic) bond motifs is 4. The van der Waals surface area contributed by atoms with E-state index in [2.05, 4.69) is 110 Å². The molecule has 4 aliphatic rings. The van der Waals surface area contributed by atoms with Crippen molar-refractivity contribution in [1.82, 2.24) is 0 Å². The monoisotopic (exact) mass is 764 g/mol. The summed E-state index contributed by atoms with van der Waals surface area (Å²) in [6.45, 7) is 9.87. The highest BCUT2D eigenvalue weighted by Gasteiger charge is 2.60. The van der Waals surface area contributed by atoms with Crippen LogP contribution >= 0.6 is 0 Å². The molecule has 4 heterocycles. The predicted octanol–water partition coefficient (Wildman–Crippen LogP) is 9.61. The van der Waals surface area contributed by atoms with Gasteiger partial charge in [-0.2, -0.15) is 0 Å². The fourth-order valence-electron chi connectivity index (χ4n) is 9.33. The smallest absolute Gasteiger partial charge is 0.274 e. The van der Waals surface area contributed by atoms with Crippen LogP contribution in [-0.4, -0.2) is 35.8 Å². The Hall–Kier alpha value is -6.46. The number of hydrogen-bond donors (Lipinski definition) is 2. The molecule has 11 nitrogen and oxygen atoms in total. The first-order valence-electron chi connectivity index (χ1n) is 18.9. The maximum absolute atomic E-state index is 11.7. The predicted molar refractivity (Wildman–Crippen MR) is 221 cm³/mol. The van der Waals surface area contributed by atoms with Crippen LogP contribution in [0.25, 0.3) is 12.2 Å². The van der Waals surface area contributed by atoms with Crippen molar-refractivity contribution < 1.29 is 29.1 Å². The van der Waals surface area contributed by atoms with E-state index < -0.39 is 27.2 Å². The Balaban J connectivity index is 1.06. The molecule has 11 heteroatoms. The molecule has 2 unspecified atom stereocenters. The first-order chi connectivity index (χ1) is 27.4. The molecule has 5 aromatic carbocycles. The van der Waals surface area contributed by atoms with E-state index in [1.165, 1.54) is 24.8 Å². The van der Waals surface area contributed by atoms with Crippen LogP contribution < -0.4 is 34.2 Å². The van der Waals surface area contributed by atoms with Gasteiger partial charge >= 0.3 is 0 Å². The number of methoxy groups -OCH3 is 2. The third-order valence-corrected chi connectivity index (χ3v) is 12.5. The Morgan fingerprint density at radius 3 is 1.60 bits per heavy atom. The summed E-state index contributed by atoms with van der Waals surface area (Å²) in [5.41, 5.74) is 7.91. The lowest BCUT2D eigenvalue weighted by atomic mass is 9.76. The average molecular weight is 765 g/mol. The second kappa shape index (κ2) is 12.8. The van der Waals surface area contributed by atoms with Gasteiger partial charge in [0.15, 0.2) is 23.0 Å². The van der Waals surface area contributed by atoms with E-state index in [4.69, 9.17) is 18.9 Å². The van der Waals surface area contributed by atoms with E-state index in [0.29, 0.717) is 47.3 Å². The molecule has 2 spiro atoms. The number of para-hydroxylation sites is 2. The largest absolute Gasteiger partial charge is 0.493 e. The molecule has 0 bridgehead atoms. The number of ether oxygens (including phenoxy) is 4. The number of hydrogen-bond acceptors (Lipinski definition) is 10. The van der Waals surface area contributed by atoms with E-state index in [0.717, 1.165) is 33.6 Å². The summed E-state index contributed by atoms with van der Waals surface area (Å²) in [5.74, 6) is 1.92. The molecule has 0 saturated carbocycles. The van der Waals surface area contributed by atoms with Crippen molar-refractivity contribution in [3.05, 3.63) is 153 Å². The van der Waals surface area contributed by atoms with Crippen molar-refractivity contribution in [3.63, 3.8) is 0 Å². The Morgan fingerprint density at radius 2 is 1.14 bits per heavy atom. The molecule has 5 aromatic rings. The van der Waals surface area contributed by atoms with Crippen molar-refractivity contribution in [2.45, 2.75) is 63.1 Å². The van der Waals surface area contributed by atoms with Crippen molar-refractivity contribution >= 4 is 34.9 Å². The first-order valence-corrected chi connectivity index (χ1v) is 18.9. The third-order valence-electron chi connectivity index (χ3n) is 12.5.